The summed E-state index contributed by atoms with van der Waals surface area (Å²) in [7, 11) is 0.169. The van der Waals surface area contributed by atoms with Crippen LogP contribution in [-0.2, 0) is 17.3 Å². The van der Waals surface area contributed by atoms with Crippen LogP contribution in [0.1, 0.15) is 11.1 Å². The lowest BCUT2D eigenvalue weighted by Gasteiger charge is -2.19. The van der Waals surface area contributed by atoms with Gasteiger partial charge >= 0.3 is 10.2 Å². The summed E-state index contributed by atoms with van der Waals surface area (Å²) in [5.74, 6) is -1.07. The van der Waals surface area contributed by atoms with Gasteiger partial charge in [0.2, 0.25) is 5.82 Å². The van der Waals surface area contributed by atoms with Gasteiger partial charge < -0.3 is 9.88 Å². The standard InChI is InChI=1S/C16H21FN4O3S/c1-10-6-7-12(11(2)8-10)18-15-13(19-25(23,24)20(3)4)9-21(5)16(22)14(15)17/h6-9,18-19H,1-5H3. The molecule has 0 spiro atoms. The molecule has 0 bridgehead atoms. The van der Waals surface area contributed by atoms with Crippen molar-refractivity contribution >= 4 is 27.3 Å². The average Bonchev–Trinajstić information content (AvgIpc) is 2.50. The minimum absolute atomic E-state index is 0.0618. The van der Waals surface area contributed by atoms with Crippen molar-refractivity contribution in [2.75, 3.05) is 24.1 Å². The van der Waals surface area contributed by atoms with Crippen molar-refractivity contribution in [3.05, 3.63) is 51.7 Å². The number of pyridine rings is 1. The Morgan fingerprint density at radius 2 is 1.80 bits per heavy atom. The molecule has 0 aliphatic heterocycles. The van der Waals surface area contributed by atoms with Crippen LogP contribution in [0.3, 0.4) is 0 Å². The molecule has 1 aromatic carbocycles. The fourth-order valence-electron chi connectivity index (χ4n) is 2.22. The van der Waals surface area contributed by atoms with Gasteiger partial charge in [-0.1, -0.05) is 17.7 Å². The molecule has 1 aromatic heterocycles. The van der Waals surface area contributed by atoms with Crippen molar-refractivity contribution in [1.82, 2.24) is 8.87 Å². The maximum atomic E-state index is 14.6. The Hall–Kier alpha value is -2.39. The molecule has 0 radical (unpaired) electrons. The van der Waals surface area contributed by atoms with E-state index in [4.69, 9.17) is 0 Å². The van der Waals surface area contributed by atoms with E-state index in [1.165, 1.54) is 27.3 Å². The molecule has 0 fully saturated rings. The molecule has 0 unspecified atom stereocenters. The second-order valence-corrected chi connectivity index (χ2v) is 7.87. The predicted molar refractivity (Wildman–Crippen MR) is 97.1 cm³/mol. The molecule has 2 N–H and O–H groups in total. The zero-order valence-corrected chi connectivity index (χ0v) is 15.5. The van der Waals surface area contributed by atoms with E-state index in [0.717, 1.165) is 20.0 Å². The number of rotatable bonds is 5. The number of aromatic nitrogens is 1. The van der Waals surface area contributed by atoms with Crippen LogP contribution in [0.15, 0.2) is 29.2 Å². The topological polar surface area (TPSA) is 83.4 Å². The largest absolute Gasteiger partial charge is 0.351 e. The molecule has 0 saturated heterocycles. The number of anilines is 3. The number of hydrogen-bond acceptors (Lipinski definition) is 4. The SMILES string of the molecule is Cc1ccc(Nc2c(NS(=O)(=O)N(C)C)cn(C)c(=O)c2F)c(C)c1. The number of nitrogens with zero attached hydrogens (tertiary/aromatic N) is 2. The van der Waals surface area contributed by atoms with Crippen molar-refractivity contribution < 1.29 is 12.8 Å². The maximum absolute atomic E-state index is 14.6. The van der Waals surface area contributed by atoms with E-state index >= 15 is 0 Å². The lowest BCUT2D eigenvalue weighted by atomic mass is 10.1. The summed E-state index contributed by atoms with van der Waals surface area (Å²) in [4.78, 5) is 11.9. The second kappa shape index (κ2) is 6.85. The van der Waals surface area contributed by atoms with Gasteiger partial charge in [0, 0.05) is 33.0 Å². The van der Waals surface area contributed by atoms with Crippen molar-refractivity contribution in [3.63, 3.8) is 0 Å². The molecule has 136 valence electrons. The summed E-state index contributed by atoms with van der Waals surface area (Å²) in [6.07, 6.45) is 1.23. The minimum atomic E-state index is -3.87. The Labute approximate surface area is 146 Å². The predicted octanol–water partition coefficient (Wildman–Crippen LogP) is 2.10. The Morgan fingerprint density at radius 3 is 2.36 bits per heavy atom. The molecule has 0 saturated carbocycles. The monoisotopic (exact) mass is 368 g/mol. The molecule has 0 aliphatic carbocycles. The zero-order valence-electron chi connectivity index (χ0n) is 14.7. The van der Waals surface area contributed by atoms with Crippen LogP contribution >= 0.6 is 0 Å². The van der Waals surface area contributed by atoms with Gasteiger partial charge in [-0.25, -0.2) is 0 Å². The highest BCUT2D eigenvalue weighted by Gasteiger charge is 2.21. The Balaban J connectivity index is 2.59. The smallest absolute Gasteiger partial charge is 0.301 e. The number of halogens is 1. The van der Waals surface area contributed by atoms with E-state index in [0.29, 0.717) is 5.69 Å². The summed E-state index contributed by atoms with van der Waals surface area (Å²) in [6, 6.07) is 5.47. The van der Waals surface area contributed by atoms with Gasteiger partial charge in [-0.05, 0) is 25.5 Å². The molecule has 7 nitrogen and oxygen atoms in total. The molecule has 2 rings (SSSR count). The van der Waals surface area contributed by atoms with Gasteiger partial charge in [0.15, 0.2) is 0 Å². The van der Waals surface area contributed by atoms with Crippen LogP contribution in [0.5, 0.6) is 0 Å². The third-order valence-corrected chi connectivity index (χ3v) is 5.12. The normalized spacial score (nSPS) is 11.6. The van der Waals surface area contributed by atoms with Gasteiger partial charge in [0.1, 0.15) is 5.69 Å². The Kier molecular flexibility index (Phi) is 5.19. The summed E-state index contributed by atoms with van der Waals surface area (Å²) in [5.41, 5.74) is 1.29. The van der Waals surface area contributed by atoms with Crippen LogP contribution in [0.2, 0.25) is 0 Å². The van der Waals surface area contributed by atoms with Crippen LogP contribution in [-0.4, -0.2) is 31.4 Å². The first kappa shape index (κ1) is 18.9. The van der Waals surface area contributed by atoms with Crippen LogP contribution in [0, 0.1) is 19.7 Å². The molecule has 25 heavy (non-hydrogen) atoms. The average molecular weight is 368 g/mol. The Morgan fingerprint density at radius 1 is 1.16 bits per heavy atom. The van der Waals surface area contributed by atoms with Crippen molar-refractivity contribution in [3.8, 4) is 0 Å². The molecule has 0 atom stereocenters. The van der Waals surface area contributed by atoms with E-state index in [-0.39, 0.29) is 11.4 Å². The molecular formula is C16H21FN4O3S. The number of aryl methyl sites for hydroxylation is 3. The third kappa shape index (κ3) is 3.99. The Bertz CT molecular complexity index is 968. The van der Waals surface area contributed by atoms with Crippen LogP contribution in [0.4, 0.5) is 21.5 Å². The quantitative estimate of drug-likeness (QED) is 0.847. The van der Waals surface area contributed by atoms with E-state index < -0.39 is 21.6 Å². The first-order chi connectivity index (χ1) is 11.5. The summed E-state index contributed by atoms with van der Waals surface area (Å²) in [5, 5.41) is 2.83. The highest BCUT2D eigenvalue weighted by molar-refractivity contribution is 7.90. The lowest BCUT2D eigenvalue weighted by molar-refractivity contribution is 0.526. The number of benzene rings is 1. The van der Waals surface area contributed by atoms with Gasteiger partial charge in [-0.3, -0.25) is 9.52 Å². The first-order valence-corrected chi connectivity index (χ1v) is 8.90. The highest BCUT2D eigenvalue weighted by atomic mass is 32.2. The van der Waals surface area contributed by atoms with E-state index in [1.807, 2.05) is 26.0 Å². The van der Waals surface area contributed by atoms with Gasteiger partial charge in [-0.2, -0.15) is 17.1 Å². The third-order valence-electron chi connectivity index (χ3n) is 3.68. The molecule has 2 aromatic rings. The van der Waals surface area contributed by atoms with E-state index in [9.17, 15) is 17.6 Å². The van der Waals surface area contributed by atoms with Gasteiger partial charge in [0.05, 0.1) is 5.69 Å². The van der Waals surface area contributed by atoms with Crippen molar-refractivity contribution in [1.29, 1.82) is 0 Å². The lowest BCUT2D eigenvalue weighted by Crippen LogP contribution is -2.31. The fourth-order valence-corrected chi connectivity index (χ4v) is 2.83. The van der Waals surface area contributed by atoms with Crippen LogP contribution in [0.25, 0.3) is 0 Å². The fraction of sp³-hybridized carbons (Fsp3) is 0.312. The molecule has 0 amide bonds. The summed E-state index contributed by atoms with van der Waals surface area (Å²) >= 11 is 0. The highest BCUT2D eigenvalue weighted by Crippen LogP contribution is 2.29. The first-order valence-electron chi connectivity index (χ1n) is 7.46. The second-order valence-electron chi connectivity index (χ2n) is 5.98. The minimum Gasteiger partial charge on any atom is -0.351 e. The van der Waals surface area contributed by atoms with E-state index in [2.05, 4.69) is 10.0 Å². The summed E-state index contributed by atoms with van der Waals surface area (Å²) < 4.78 is 43.0. The number of hydrogen-bond donors (Lipinski definition) is 2. The number of nitrogens with one attached hydrogen (secondary N) is 2. The molecular weight excluding hydrogens is 347 g/mol. The molecule has 9 heteroatoms. The van der Waals surface area contributed by atoms with Crippen molar-refractivity contribution in [2.24, 2.45) is 7.05 Å². The van der Waals surface area contributed by atoms with Gasteiger partial charge in [0.25, 0.3) is 5.56 Å². The molecule has 1 heterocycles. The zero-order chi connectivity index (χ0) is 18.9. The molecule has 0 aliphatic rings. The van der Waals surface area contributed by atoms with Crippen molar-refractivity contribution in [2.45, 2.75) is 13.8 Å². The van der Waals surface area contributed by atoms with Gasteiger partial charge in [-0.15, -0.1) is 0 Å². The van der Waals surface area contributed by atoms with E-state index in [1.54, 1.807) is 6.07 Å². The summed E-state index contributed by atoms with van der Waals surface area (Å²) in [6.45, 7) is 3.75. The van der Waals surface area contributed by atoms with Crippen LogP contribution < -0.4 is 15.6 Å². The maximum Gasteiger partial charge on any atom is 0.301 e.